The number of rotatable bonds is 2. The van der Waals surface area contributed by atoms with Crippen molar-refractivity contribution in [1.82, 2.24) is 14.8 Å². The van der Waals surface area contributed by atoms with Crippen molar-refractivity contribution in [2.24, 2.45) is 7.05 Å². The zero-order chi connectivity index (χ0) is 14.1. The highest BCUT2D eigenvalue weighted by Gasteiger charge is 2.17. The molecule has 0 saturated carbocycles. The smallest absolute Gasteiger partial charge is 0.129 e. The minimum Gasteiger partial charge on any atom is -0.383 e. The normalized spacial score (nSPS) is 10.7. The molecule has 0 amide bonds. The first-order valence-electron chi connectivity index (χ1n) is 6.47. The predicted octanol–water partition coefficient (Wildman–Crippen LogP) is 3.04. The molecule has 1 aromatic carbocycles. The summed E-state index contributed by atoms with van der Waals surface area (Å²) in [5.74, 6) is 0.649. The second-order valence-corrected chi connectivity index (χ2v) is 4.82. The molecule has 0 aliphatic rings. The zero-order valence-electron chi connectivity index (χ0n) is 11.5. The topological polar surface area (TPSA) is 56.7 Å². The lowest BCUT2D eigenvalue weighted by Gasteiger charge is -2.05. The Bertz CT molecular complexity index is 744. The van der Waals surface area contributed by atoms with Gasteiger partial charge in [0.2, 0.25) is 0 Å². The van der Waals surface area contributed by atoms with Gasteiger partial charge in [0, 0.05) is 13.2 Å². The quantitative estimate of drug-likeness (QED) is 0.774. The van der Waals surface area contributed by atoms with Crippen molar-refractivity contribution in [2.45, 2.75) is 6.92 Å². The maximum atomic E-state index is 6.20. The molecule has 2 N–H and O–H groups in total. The molecule has 0 atom stereocenters. The summed E-state index contributed by atoms with van der Waals surface area (Å²) in [5, 5.41) is 4.52. The van der Waals surface area contributed by atoms with E-state index in [2.05, 4.69) is 29.1 Å². The lowest BCUT2D eigenvalue weighted by molar-refractivity contribution is 0.781. The molecular weight excluding hydrogens is 248 g/mol. The number of benzene rings is 1. The highest BCUT2D eigenvalue weighted by Crippen LogP contribution is 2.35. The number of aryl methyl sites for hydroxylation is 2. The van der Waals surface area contributed by atoms with Crippen LogP contribution in [0, 0.1) is 6.92 Å². The molecular formula is C16H16N4. The number of hydrogen-bond acceptors (Lipinski definition) is 3. The highest BCUT2D eigenvalue weighted by molar-refractivity contribution is 5.87. The average molecular weight is 264 g/mol. The summed E-state index contributed by atoms with van der Waals surface area (Å²) < 4.78 is 1.70. The van der Waals surface area contributed by atoms with Gasteiger partial charge in [0.05, 0.1) is 11.3 Å². The summed E-state index contributed by atoms with van der Waals surface area (Å²) in [6.07, 6.45) is 1.76. The van der Waals surface area contributed by atoms with E-state index >= 15 is 0 Å². The largest absolute Gasteiger partial charge is 0.383 e. The van der Waals surface area contributed by atoms with E-state index in [9.17, 15) is 0 Å². The van der Waals surface area contributed by atoms with Gasteiger partial charge in [-0.15, -0.1) is 0 Å². The first kappa shape index (κ1) is 12.4. The number of anilines is 1. The van der Waals surface area contributed by atoms with Crippen molar-refractivity contribution in [3.05, 3.63) is 54.2 Å². The van der Waals surface area contributed by atoms with Crippen LogP contribution in [0.1, 0.15) is 5.56 Å². The first-order chi connectivity index (χ1) is 9.66. The van der Waals surface area contributed by atoms with Crippen LogP contribution in [0.5, 0.6) is 0 Å². The van der Waals surface area contributed by atoms with Crippen molar-refractivity contribution in [3.8, 4) is 22.5 Å². The Balaban J connectivity index is 2.25. The molecule has 3 rings (SSSR count). The van der Waals surface area contributed by atoms with Crippen molar-refractivity contribution < 1.29 is 0 Å². The molecule has 0 radical (unpaired) electrons. The SMILES string of the molecule is Cc1cccc(-c2c(-c3ccccn3)nn(C)c2N)c1. The summed E-state index contributed by atoms with van der Waals surface area (Å²) in [6.45, 7) is 2.07. The molecule has 0 unspecified atom stereocenters. The lowest BCUT2D eigenvalue weighted by Crippen LogP contribution is -1.98. The molecule has 0 aliphatic carbocycles. The van der Waals surface area contributed by atoms with Gasteiger partial charge < -0.3 is 5.73 Å². The summed E-state index contributed by atoms with van der Waals surface area (Å²) in [4.78, 5) is 4.38. The van der Waals surface area contributed by atoms with Gasteiger partial charge in [-0.25, -0.2) is 0 Å². The van der Waals surface area contributed by atoms with Crippen molar-refractivity contribution >= 4 is 5.82 Å². The second kappa shape index (κ2) is 4.81. The number of aromatic nitrogens is 3. The molecule has 2 aromatic heterocycles. The van der Waals surface area contributed by atoms with E-state index in [0.29, 0.717) is 5.82 Å². The predicted molar refractivity (Wildman–Crippen MR) is 81.0 cm³/mol. The van der Waals surface area contributed by atoms with E-state index in [1.807, 2.05) is 37.4 Å². The molecule has 2 heterocycles. The summed E-state index contributed by atoms with van der Waals surface area (Å²) >= 11 is 0. The van der Waals surface area contributed by atoms with Crippen molar-refractivity contribution in [3.63, 3.8) is 0 Å². The number of nitrogens with zero attached hydrogens (tertiary/aromatic N) is 3. The number of nitrogen functional groups attached to an aromatic ring is 1. The Labute approximate surface area is 117 Å². The minimum absolute atomic E-state index is 0.649. The van der Waals surface area contributed by atoms with Crippen molar-refractivity contribution in [1.29, 1.82) is 0 Å². The van der Waals surface area contributed by atoms with Gasteiger partial charge in [-0.3, -0.25) is 9.67 Å². The third-order valence-electron chi connectivity index (χ3n) is 3.31. The van der Waals surface area contributed by atoms with E-state index in [1.165, 1.54) is 5.56 Å². The van der Waals surface area contributed by atoms with Crippen LogP contribution in [-0.4, -0.2) is 14.8 Å². The van der Waals surface area contributed by atoms with Gasteiger partial charge in [0.25, 0.3) is 0 Å². The molecule has 4 nitrogen and oxygen atoms in total. The number of nitrogens with two attached hydrogens (primary N) is 1. The van der Waals surface area contributed by atoms with E-state index < -0.39 is 0 Å². The van der Waals surface area contributed by atoms with Gasteiger partial charge in [0.1, 0.15) is 11.5 Å². The Kier molecular flexibility index (Phi) is 2.99. The van der Waals surface area contributed by atoms with Crippen LogP contribution in [0.25, 0.3) is 22.5 Å². The third-order valence-corrected chi connectivity index (χ3v) is 3.31. The maximum Gasteiger partial charge on any atom is 0.129 e. The fourth-order valence-corrected chi connectivity index (χ4v) is 2.30. The maximum absolute atomic E-state index is 6.20. The van der Waals surface area contributed by atoms with Crippen molar-refractivity contribution in [2.75, 3.05) is 5.73 Å². The summed E-state index contributed by atoms with van der Waals surface area (Å²) in [5.41, 5.74) is 11.0. The third kappa shape index (κ3) is 2.05. The van der Waals surface area contributed by atoms with E-state index in [4.69, 9.17) is 5.73 Å². The number of pyridine rings is 1. The molecule has 0 aliphatic heterocycles. The van der Waals surface area contributed by atoms with Gasteiger partial charge in [0.15, 0.2) is 0 Å². The highest BCUT2D eigenvalue weighted by atomic mass is 15.3. The molecule has 100 valence electrons. The molecule has 0 fully saturated rings. The molecule has 0 spiro atoms. The average Bonchev–Trinajstić information content (AvgIpc) is 2.76. The minimum atomic E-state index is 0.649. The van der Waals surface area contributed by atoms with Crippen LogP contribution in [0.4, 0.5) is 5.82 Å². The molecule has 0 bridgehead atoms. The Hall–Kier alpha value is -2.62. The molecule has 20 heavy (non-hydrogen) atoms. The van der Waals surface area contributed by atoms with Crippen LogP contribution in [-0.2, 0) is 7.05 Å². The van der Waals surface area contributed by atoms with Crippen LogP contribution >= 0.6 is 0 Å². The van der Waals surface area contributed by atoms with Crippen LogP contribution in [0.15, 0.2) is 48.7 Å². The van der Waals surface area contributed by atoms with Gasteiger partial charge in [-0.1, -0.05) is 35.9 Å². The van der Waals surface area contributed by atoms with E-state index in [1.54, 1.807) is 10.9 Å². The Morgan fingerprint density at radius 3 is 2.65 bits per heavy atom. The Morgan fingerprint density at radius 2 is 1.95 bits per heavy atom. The monoisotopic (exact) mass is 264 g/mol. The van der Waals surface area contributed by atoms with Gasteiger partial charge >= 0.3 is 0 Å². The standard InChI is InChI=1S/C16H16N4/c1-11-6-5-7-12(10-11)14-15(19-20(2)16(14)17)13-8-3-4-9-18-13/h3-10H,17H2,1-2H3. The fraction of sp³-hybridized carbons (Fsp3) is 0.125. The van der Waals surface area contributed by atoms with E-state index in [0.717, 1.165) is 22.5 Å². The second-order valence-electron chi connectivity index (χ2n) is 4.82. The van der Waals surface area contributed by atoms with Gasteiger partial charge in [-0.2, -0.15) is 5.10 Å². The van der Waals surface area contributed by atoms with Gasteiger partial charge in [-0.05, 0) is 24.6 Å². The first-order valence-corrected chi connectivity index (χ1v) is 6.47. The molecule has 3 aromatic rings. The lowest BCUT2D eigenvalue weighted by atomic mass is 10.0. The van der Waals surface area contributed by atoms with Crippen LogP contribution < -0.4 is 5.73 Å². The number of hydrogen-bond donors (Lipinski definition) is 1. The summed E-state index contributed by atoms with van der Waals surface area (Å²) in [7, 11) is 1.85. The fourth-order valence-electron chi connectivity index (χ4n) is 2.30. The van der Waals surface area contributed by atoms with Crippen LogP contribution in [0.3, 0.4) is 0 Å². The van der Waals surface area contributed by atoms with Crippen LogP contribution in [0.2, 0.25) is 0 Å². The Morgan fingerprint density at radius 1 is 1.10 bits per heavy atom. The van der Waals surface area contributed by atoms with E-state index in [-0.39, 0.29) is 0 Å². The molecule has 0 saturated heterocycles. The summed E-state index contributed by atoms with van der Waals surface area (Å²) in [6, 6.07) is 14.0. The molecule has 4 heteroatoms. The zero-order valence-corrected chi connectivity index (χ0v) is 11.5.